The maximum atomic E-state index is 3.25. The third-order valence-corrected chi connectivity index (χ3v) is 14.1. The first-order valence-corrected chi connectivity index (χ1v) is 28.6. The second-order valence-electron chi connectivity index (χ2n) is 21.2. The smallest absolute Gasteiger partial charge is 0.00218 e. The standard InChI is InChI=1S/C56H122N8/c1-10-11-12-28-43-58(3)45-30-15-16-32-47-60(5)49-34-19-20-36-51-62(7)53-38-23-24-40-55-64(9)56-41-26-25-39-54-63(8)52-37-22-21-35-50-61(6)48-33-18-17-31-46-59(4)44-29-14-13-27-42-57-2/h57H,10-56H2,1-9H3. The van der Waals surface area contributed by atoms with Crippen LogP contribution in [0.15, 0.2) is 0 Å². The molecule has 0 aliphatic heterocycles. The fraction of sp³-hybridized carbons (Fsp3) is 1.00. The Kier molecular flexibility index (Phi) is 50.3. The van der Waals surface area contributed by atoms with E-state index < -0.39 is 0 Å². The second kappa shape index (κ2) is 50.6. The highest BCUT2D eigenvalue weighted by atomic mass is 15.1. The van der Waals surface area contributed by atoms with Crippen LogP contribution < -0.4 is 5.32 Å². The van der Waals surface area contributed by atoms with E-state index in [2.05, 4.69) is 103 Å². The zero-order chi connectivity index (χ0) is 47.0. The minimum absolute atomic E-state index is 1.17. The summed E-state index contributed by atoms with van der Waals surface area (Å²) in [6.07, 6.45) is 44.0. The van der Waals surface area contributed by atoms with Crippen LogP contribution in [0, 0.1) is 0 Å². The Balaban J connectivity index is 3.46. The predicted octanol–water partition coefficient (Wildman–Crippen LogP) is 12.2. The van der Waals surface area contributed by atoms with E-state index in [1.807, 2.05) is 0 Å². The number of unbranched alkanes of at least 4 members (excludes halogenated alkanes) is 24. The molecule has 0 aromatic rings. The third-order valence-electron chi connectivity index (χ3n) is 14.1. The van der Waals surface area contributed by atoms with E-state index in [-0.39, 0.29) is 0 Å². The molecule has 0 spiro atoms. The molecule has 0 atom stereocenters. The van der Waals surface area contributed by atoms with Crippen molar-refractivity contribution in [2.75, 3.05) is 155 Å². The van der Waals surface area contributed by atoms with Gasteiger partial charge in [-0.05, 0) is 251 Å². The van der Waals surface area contributed by atoms with Crippen LogP contribution in [0.2, 0.25) is 0 Å². The number of rotatable bonds is 54. The van der Waals surface area contributed by atoms with Crippen LogP contribution in [-0.2, 0) is 0 Å². The van der Waals surface area contributed by atoms with E-state index in [1.165, 1.54) is 304 Å². The maximum Gasteiger partial charge on any atom is -0.00218 e. The van der Waals surface area contributed by atoms with Gasteiger partial charge in [0.25, 0.3) is 0 Å². The fourth-order valence-corrected chi connectivity index (χ4v) is 9.33. The van der Waals surface area contributed by atoms with Crippen molar-refractivity contribution in [3.63, 3.8) is 0 Å². The predicted molar refractivity (Wildman–Crippen MR) is 290 cm³/mol. The lowest BCUT2D eigenvalue weighted by molar-refractivity contribution is 0.291. The van der Waals surface area contributed by atoms with Crippen LogP contribution in [0.5, 0.6) is 0 Å². The van der Waals surface area contributed by atoms with Crippen molar-refractivity contribution >= 4 is 0 Å². The van der Waals surface area contributed by atoms with Crippen molar-refractivity contribution in [3.05, 3.63) is 0 Å². The Morgan fingerprint density at radius 2 is 0.344 bits per heavy atom. The lowest BCUT2D eigenvalue weighted by atomic mass is 10.1. The van der Waals surface area contributed by atoms with Crippen molar-refractivity contribution in [3.8, 4) is 0 Å². The van der Waals surface area contributed by atoms with Crippen molar-refractivity contribution < 1.29 is 0 Å². The maximum absolute atomic E-state index is 3.25. The van der Waals surface area contributed by atoms with E-state index >= 15 is 0 Å². The zero-order valence-electron chi connectivity index (χ0n) is 45.9. The van der Waals surface area contributed by atoms with Gasteiger partial charge in [-0.3, -0.25) is 0 Å². The summed E-state index contributed by atoms with van der Waals surface area (Å²) < 4.78 is 0. The monoisotopic (exact) mass is 907 g/mol. The molecule has 0 rings (SSSR count). The van der Waals surface area contributed by atoms with Gasteiger partial charge in [0, 0.05) is 0 Å². The summed E-state index contributed by atoms with van der Waals surface area (Å²) in [6, 6.07) is 0. The number of hydrogen-bond acceptors (Lipinski definition) is 8. The Morgan fingerprint density at radius 3 is 0.484 bits per heavy atom. The van der Waals surface area contributed by atoms with Crippen LogP contribution in [0.3, 0.4) is 0 Å². The molecule has 0 radical (unpaired) electrons. The summed E-state index contributed by atoms with van der Waals surface area (Å²) in [5.41, 5.74) is 0. The molecule has 0 fully saturated rings. The SMILES string of the molecule is CCCCCCN(C)CCCCCCN(C)CCCCCCN(C)CCCCCCN(C)CCCCCCN(C)CCCCCCN(C)CCCCCCN(C)CCCCCCNC. The van der Waals surface area contributed by atoms with Gasteiger partial charge in [-0.15, -0.1) is 0 Å². The molecule has 0 aliphatic rings. The molecule has 0 saturated carbocycles. The quantitative estimate of drug-likeness (QED) is 0.0605. The molecule has 1 N–H and O–H groups in total. The zero-order valence-corrected chi connectivity index (χ0v) is 45.9. The minimum atomic E-state index is 1.17. The molecule has 0 saturated heterocycles. The lowest BCUT2D eigenvalue weighted by Crippen LogP contribution is -2.22. The summed E-state index contributed by atoms with van der Waals surface area (Å²) in [4.78, 5) is 18.0. The molecule has 0 aliphatic carbocycles. The first-order valence-electron chi connectivity index (χ1n) is 28.6. The molecule has 8 heteroatoms. The van der Waals surface area contributed by atoms with E-state index in [1.54, 1.807) is 0 Å². The molecule has 64 heavy (non-hydrogen) atoms. The molecule has 0 bridgehead atoms. The number of hydrogen-bond donors (Lipinski definition) is 1. The van der Waals surface area contributed by atoms with E-state index in [0.29, 0.717) is 0 Å². The summed E-state index contributed by atoms with van der Waals surface area (Å²) >= 11 is 0. The van der Waals surface area contributed by atoms with Gasteiger partial charge < -0.3 is 39.6 Å². The Morgan fingerprint density at radius 1 is 0.203 bits per heavy atom. The molecule has 0 unspecified atom stereocenters. The van der Waals surface area contributed by atoms with Gasteiger partial charge in [-0.1, -0.05) is 116 Å². The highest BCUT2D eigenvalue weighted by molar-refractivity contribution is 4.62. The third kappa shape index (κ3) is 49.6. The summed E-state index contributed by atoms with van der Waals surface area (Å²) in [6.45, 7) is 21.3. The van der Waals surface area contributed by atoms with Gasteiger partial charge in [0.2, 0.25) is 0 Å². The fourth-order valence-electron chi connectivity index (χ4n) is 9.33. The lowest BCUT2D eigenvalue weighted by Gasteiger charge is -2.19. The van der Waals surface area contributed by atoms with Crippen LogP contribution in [-0.4, -0.2) is 189 Å². The topological polar surface area (TPSA) is 34.7 Å². The van der Waals surface area contributed by atoms with Gasteiger partial charge in [-0.2, -0.15) is 0 Å². The highest BCUT2D eigenvalue weighted by Gasteiger charge is 2.06. The average Bonchev–Trinajstić information content (AvgIpc) is 3.27. The molecular formula is C56H122N8. The van der Waals surface area contributed by atoms with Crippen LogP contribution in [0.1, 0.15) is 212 Å². The molecule has 8 nitrogen and oxygen atoms in total. The van der Waals surface area contributed by atoms with Gasteiger partial charge >= 0.3 is 0 Å². The van der Waals surface area contributed by atoms with Gasteiger partial charge in [-0.25, -0.2) is 0 Å². The number of nitrogens with one attached hydrogen (secondary N) is 1. The van der Waals surface area contributed by atoms with Crippen molar-refractivity contribution in [1.82, 2.24) is 39.6 Å². The molecule has 0 amide bonds. The summed E-state index contributed by atoms with van der Waals surface area (Å²) in [7, 11) is 18.4. The second-order valence-corrected chi connectivity index (χ2v) is 21.2. The van der Waals surface area contributed by atoms with Crippen LogP contribution in [0.4, 0.5) is 0 Å². The Labute approximate surface area is 405 Å². The first kappa shape index (κ1) is 63.7. The van der Waals surface area contributed by atoms with Crippen molar-refractivity contribution in [2.24, 2.45) is 0 Å². The van der Waals surface area contributed by atoms with Gasteiger partial charge in [0.05, 0.1) is 0 Å². The highest BCUT2D eigenvalue weighted by Crippen LogP contribution is 2.11. The molecule has 0 aromatic heterocycles. The average molecular weight is 908 g/mol. The first-order chi connectivity index (χ1) is 31.2. The van der Waals surface area contributed by atoms with E-state index in [9.17, 15) is 0 Å². The number of nitrogens with zero attached hydrogens (tertiary/aromatic N) is 7. The van der Waals surface area contributed by atoms with E-state index in [0.717, 1.165) is 0 Å². The van der Waals surface area contributed by atoms with E-state index in [4.69, 9.17) is 0 Å². The summed E-state index contributed by atoms with van der Waals surface area (Å²) in [5.74, 6) is 0. The normalized spacial score (nSPS) is 12.4. The molecule has 386 valence electrons. The Hall–Kier alpha value is -0.320. The summed E-state index contributed by atoms with van der Waals surface area (Å²) in [5, 5.41) is 3.25. The molecule has 0 aromatic carbocycles. The van der Waals surface area contributed by atoms with Crippen molar-refractivity contribution in [2.45, 2.75) is 212 Å². The van der Waals surface area contributed by atoms with Crippen LogP contribution in [0.25, 0.3) is 0 Å². The van der Waals surface area contributed by atoms with Gasteiger partial charge in [0.1, 0.15) is 0 Å². The van der Waals surface area contributed by atoms with Crippen molar-refractivity contribution in [1.29, 1.82) is 0 Å². The van der Waals surface area contributed by atoms with Crippen LogP contribution >= 0.6 is 0 Å². The minimum Gasteiger partial charge on any atom is -0.320 e. The Bertz CT molecular complexity index is 878. The largest absolute Gasteiger partial charge is 0.320 e. The molecule has 0 heterocycles. The molecular weight excluding hydrogens is 785 g/mol. The van der Waals surface area contributed by atoms with Gasteiger partial charge in [0.15, 0.2) is 0 Å².